The fraction of sp³-hybridized carbons (Fsp3) is 0.467. The molecule has 1 aromatic rings. The van der Waals surface area contributed by atoms with Gasteiger partial charge in [-0.3, -0.25) is 4.79 Å². The average molecular weight is 295 g/mol. The number of nitrogens with one attached hydrogen (secondary N) is 1. The summed E-state index contributed by atoms with van der Waals surface area (Å²) in [6, 6.07) is 5.28. The van der Waals surface area contributed by atoms with Gasteiger partial charge in [-0.1, -0.05) is 32.4 Å². The number of esters is 1. The van der Waals surface area contributed by atoms with Crippen LogP contribution in [0, 0.1) is 6.92 Å². The zero-order chi connectivity index (χ0) is 15.3. The Balaban J connectivity index is 2.82. The molecule has 5 heteroatoms. The summed E-state index contributed by atoms with van der Waals surface area (Å²) in [7, 11) is 1.33. The summed E-state index contributed by atoms with van der Waals surface area (Å²) in [6.07, 6.45) is 0. The maximum atomic E-state index is 11.9. The summed E-state index contributed by atoms with van der Waals surface area (Å²) in [6.45, 7) is 8.04. The molecule has 0 spiro atoms. The molecule has 0 radical (unpaired) electrons. The van der Waals surface area contributed by atoms with Gasteiger partial charge in [0.25, 0.3) is 0 Å². The van der Waals surface area contributed by atoms with Gasteiger partial charge >= 0.3 is 5.97 Å². The fourth-order valence-electron chi connectivity index (χ4n) is 1.51. The lowest BCUT2D eigenvalue weighted by molar-refractivity contribution is -0.113. The third-order valence-corrected chi connectivity index (χ3v) is 3.76. The van der Waals surface area contributed by atoms with Crippen molar-refractivity contribution >= 4 is 29.3 Å². The smallest absolute Gasteiger partial charge is 0.339 e. The fourth-order valence-corrected chi connectivity index (χ4v) is 2.15. The Kier molecular flexibility index (Phi) is 5.62. The number of benzene rings is 1. The van der Waals surface area contributed by atoms with Crippen LogP contribution in [-0.2, 0) is 9.53 Å². The van der Waals surface area contributed by atoms with Gasteiger partial charge < -0.3 is 10.1 Å². The molecule has 0 aliphatic carbocycles. The van der Waals surface area contributed by atoms with Crippen LogP contribution in [0.25, 0.3) is 0 Å². The molecule has 1 rings (SSSR count). The van der Waals surface area contributed by atoms with Crippen molar-refractivity contribution in [1.82, 2.24) is 0 Å². The summed E-state index contributed by atoms with van der Waals surface area (Å²) < 4.78 is 4.76. The number of anilines is 1. The predicted octanol–water partition coefficient (Wildman–Crippen LogP) is 3.25. The van der Waals surface area contributed by atoms with Gasteiger partial charge in [-0.25, -0.2) is 4.79 Å². The Morgan fingerprint density at radius 1 is 1.30 bits per heavy atom. The van der Waals surface area contributed by atoms with Gasteiger partial charge in [-0.05, 0) is 19.1 Å². The SMILES string of the molecule is COC(=O)c1cc(C)ccc1NC(=O)CSC(C)(C)C. The standard InChI is InChI=1S/C15H21NO3S/c1-10-6-7-12(11(8-10)14(18)19-5)16-13(17)9-20-15(2,3)4/h6-8H,9H2,1-5H3,(H,16,17). The van der Waals surface area contributed by atoms with Gasteiger partial charge in [-0.15, -0.1) is 11.8 Å². The Morgan fingerprint density at radius 2 is 1.95 bits per heavy atom. The van der Waals surface area contributed by atoms with E-state index in [9.17, 15) is 9.59 Å². The lowest BCUT2D eigenvalue weighted by Gasteiger charge is -2.17. The van der Waals surface area contributed by atoms with Gasteiger partial charge in [0, 0.05) is 4.75 Å². The van der Waals surface area contributed by atoms with E-state index in [0.29, 0.717) is 17.0 Å². The monoisotopic (exact) mass is 295 g/mol. The summed E-state index contributed by atoms with van der Waals surface area (Å²) in [5, 5.41) is 2.76. The minimum atomic E-state index is -0.451. The minimum Gasteiger partial charge on any atom is -0.465 e. The second-order valence-electron chi connectivity index (χ2n) is 5.49. The van der Waals surface area contributed by atoms with Crippen LogP contribution < -0.4 is 5.32 Å². The highest BCUT2D eigenvalue weighted by Crippen LogP contribution is 2.24. The van der Waals surface area contributed by atoms with Gasteiger partial charge in [-0.2, -0.15) is 0 Å². The largest absolute Gasteiger partial charge is 0.465 e. The number of carbonyl (C=O) groups excluding carboxylic acids is 2. The van der Waals surface area contributed by atoms with Gasteiger partial charge in [0.05, 0.1) is 24.1 Å². The normalized spacial score (nSPS) is 11.1. The third kappa shape index (κ3) is 5.25. The van der Waals surface area contributed by atoms with Gasteiger partial charge in [0.2, 0.25) is 5.91 Å². The first-order chi connectivity index (χ1) is 9.23. The van der Waals surface area contributed by atoms with Crippen molar-refractivity contribution in [3.63, 3.8) is 0 Å². The van der Waals surface area contributed by atoms with Crippen molar-refractivity contribution in [1.29, 1.82) is 0 Å². The first kappa shape index (κ1) is 16.6. The number of methoxy groups -OCH3 is 1. The maximum Gasteiger partial charge on any atom is 0.339 e. The number of thioether (sulfide) groups is 1. The molecule has 0 aromatic heterocycles. The van der Waals surface area contributed by atoms with Crippen molar-refractivity contribution in [2.75, 3.05) is 18.2 Å². The van der Waals surface area contributed by atoms with E-state index in [4.69, 9.17) is 4.74 Å². The molecule has 1 aromatic carbocycles. The number of carbonyl (C=O) groups is 2. The van der Waals surface area contributed by atoms with Crippen molar-refractivity contribution in [2.24, 2.45) is 0 Å². The predicted molar refractivity (Wildman–Crippen MR) is 83.4 cm³/mol. The molecule has 1 N–H and O–H groups in total. The second kappa shape index (κ2) is 6.79. The molecular weight excluding hydrogens is 274 g/mol. The van der Waals surface area contributed by atoms with Crippen LogP contribution in [0.5, 0.6) is 0 Å². The molecule has 0 atom stereocenters. The molecular formula is C15H21NO3S. The maximum absolute atomic E-state index is 11.9. The van der Waals surface area contributed by atoms with Crippen molar-refractivity contribution in [3.8, 4) is 0 Å². The Labute approximate surface area is 124 Å². The molecule has 0 unspecified atom stereocenters. The van der Waals surface area contributed by atoms with Crippen LogP contribution >= 0.6 is 11.8 Å². The van der Waals surface area contributed by atoms with E-state index in [0.717, 1.165) is 5.56 Å². The topological polar surface area (TPSA) is 55.4 Å². The van der Waals surface area contributed by atoms with Crippen molar-refractivity contribution in [2.45, 2.75) is 32.4 Å². The van der Waals surface area contributed by atoms with E-state index in [1.165, 1.54) is 7.11 Å². The first-order valence-electron chi connectivity index (χ1n) is 6.36. The summed E-state index contributed by atoms with van der Waals surface area (Å²) in [4.78, 5) is 23.6. The van der Waals surface area contributed by atoms with Crippen LogP contribution in [0.3, 0.4) is 0 Å². The molecule has 1 amide bonds. The molecule has 20 heavy (non-hydrogen) atoms. The van der Waals surface area contributed by atoms with Crippen LogP contribution in [0.15, 0.2) is 18.2 Å². The van der Waals surface area contributed by atoms with E-state index >= 15 is 0 Å². The Bertz CT molecular complexity index is 506. The highest BCUT2D eigenvalue weighted by molar-refractivity contribution is 8.01. The molecule has 4 nitrogen and oxygen atoms in total. The van der Waals surface area contributed by atoms with E-state index in [-0.39, 0.29) is 10.7 Å². The van der Waals surface area contributed by atoms with Crippen LogP contribution in [0.1, 0.15) is 36.7 Å². The Morgan fingerprint density at radius 3 is 2.50 bits per heavy atom. The van der Waals surface area contributed by atoms with E-state index in [1.807, 2.05) is 13.0 Å². The van der Waals surface area contributed by atoms with Crippen LogP contribution in [-0.4, -0.2) is 29.5 Å². The van der Waals surface area contributed by atoms with E-state index < -0.39 is 5.97 Å². The minimum absolute atomic E-state index is 0.0236. The van der Waals surface area contributed by atoms with Crippen molar-refractivity contribution < 1.29 is 14.3 Å². The lowest BCUT2D eigenvalue weighted by atomic mass is 10.1. The average Bonchev–Trinajstić information content (AvgIpc) is 2.37. The molecule has 110 valence electrons. The summed E-state index contributed by atoms with van der Waals surface area (Å²) in [5.41, 5.74) is 1.80. The first-order valence-corrected chi connectivity index (χ1v) is 7.34. The molecule has 0 aliphatic rings. The van der Waals surface area contributed by atoms with Crippen LogP contribution in [0.4, 0.5) is 5.69 Å². The van der Waals surface area contributed by atoms with E-state index in [1.54, 1.807) is 23.9 Å². The van der Waals surface area contributed by atoms with Gasteiger partial charge in [0.15, 0.2) is 0 Å². The molecule has 0 aliphatic heterocycles. The zero-order valence-electron chi connectivity index (χ0n) is 12.6. The van der Waals surface area contributed by atoms with Crippen molar-refractivity contribution in [3.05, 3.63) is 29.3 Å². The molecule has 0 heterocycles. The summed E-state index contributed by atoms with van der Waals surface area (Å²) in [5.74, 6) is -0.232. The van der Waals surface area contributed by atoms with Crippen LogP contribution in [0.2, 0.25) is 0 Å². The molecule has 0 saturated carbocycles. The highest BCUT2D eigenvalue weighted by atomic mass is 32.2. The van der Waals surface area contributed by atoms with Gasteiger partial charge in [0.1, 0.15) is 0 Å². The summed E-state index contributed by atoms with van der Waals surface area (Å²) >= 11 is 1.56. The van der Waals surface area contributed by atoms with E-state index in [2.05, 4.69) is 26.1 Å². The number of hydrogen-bond donors (Lipinski definition) is 1. The third-order valence-electron chi connectivity index (χ3n) is 2.49. The Hall–Kier alpha value is -1.49. The lowest BCUT2D eigenvalue weighted by Crippen LogP contribution is -2.20. The number of aryl methyl sites for hydroxylation is 1. The number of rotatable bonds is 4. The zero-order valence-corrected chi connectivity index (χ0v) is 13.4. The number of ether oxygens (including phenoxy) is 1. The molecule has 0 saturated heterocycles. The molecule has 0 fully saturated rings. The molecule has 0 bridgehead atoms. The second-order valence-corrected chi connectivity index (χ2v) is 7.29. The number of amides is 1. The number of hydrogen-bond acceptors (Lipinski definition) is 4. The quantitative estimate of drug-likeness (QED) is 0.866. The highest BCUT2D eigenvalue weighted by Gasteiger charge is 2.16.